The van der Waals surface area contributed by atoms with Gasteiger partial charge >= 0.3 is 0 Å². The SMILES string of the molecule is CN(CC#N)CC1CCC(N2CN(C3CC3)C(=O)c3cnc4c(ccn4COCC[Si](C)(C)C)c32)CC1. The lowest BCUT2D eigenvalue weighted by atomic mass is 9.84. The van der Waals surface area contributed by atoms with Gasteiger partial charge in [-0.2, -0.15) is 5.26 Å². The van der Waals surface area contributed by atoms with Gasteiger partial charge in [0.05, 0.1) is 30.5 Å². The van der Waals surface area contributed by atoms with Gasteiger partial charge in [-0.1, -0.05) is 19.6 Å². The first-order valence-electron chi connectivity index (χ1n) is 13.9. The summed E-state index contributed by atoms with van der Waals surface area (Å²) >= 11 is 0. The Balaban J connectivity index is 1.37. The van der Waals surface area contributed by atoms with Crippen LogP contribution in [0.5, 0.6) is 0 Å². The first kappa shape index (κ1) is 26.2. The average Bonchev–Trinajstić information content (AvgIpc) is 3.61. The molecule has 0 unspecified atom stereocenters. The lowest BCUT2D eigenvalue weighted by molar-refractivity contribution is 0.0717. The molecule has 2 aliphatic carbocycles. The smallest absolute Gasteiger partial charge is 0.259 e. The lowest BCUT2D eigenvalue weighted by Gasteiger charge is -2.45. The molecule has 0 aromatic carbocycles. The molecule has 37 heavy (non-hydrogen) atoms. The molecule has 0 radical (unpaired) electrons. The van der Waals surface area contributed by atoms with E-state index in [4.69, 9.17) is 15.0 Å². The van der Waals surface area contributed by atoms with Gasteiger partial charge in [-0.25, -0.2) is 4.98 Å². The standard InChI is InChI=1S/C28H42N6O2Si/c1-31(14-12-29)18-21-5-7-22(8-6-21)33-19-34(23-9-10-23)28(35)25-17-30-27-24(26(25)33)11-13-32(27)20-36-15-16-37(2,3)4/h11,13,17,21-23H,5-10,14-16,18-20H2,1-4H3. The van der Waals surface area contributed by atoms with Gasteiger partial charge in [-0.05, 0) is 63.6 Å². The minimum atomic E-state index is -1.13. The second-order valence-electron chi connectivity index (χ2n) is 12.5. The molecule has 2 aromatic rings. The van der Waals surface area contributed by atoms with Crippen molar-refractivity contribution < 1.29 is 9.53 Å². The van der Waals surface area contributed by atoms with Crippen LogP contribution in [0.15, 0.2) is 18.5 Å². The van der Waals surface area contributed by atoms with Gasteiger partial charge < -0.3 is 19.1 Å². The maximum absolute atomic E-state index is 13.5. The van der Waals surface area contributed by atoms with Gasteiger partial charge in [0, 0.05) is 51.1 Å². The number of ether oxygens (including phenoxy) is 1. The van der Waals surface area contributed by atoms with Crippen molar-refractivity contribution in [3.63, 3.8) is 0 Å². The zero-order chi connectivity index (χ0) is 26.2. The molecular formula is C28H42N6O2Si. The number of carbonyl (C=O) groups excluding carboxylic acids is 1. The molecule has 9 heteroatoms. The summed E-state index contributed by atoms with van der Waals surface area (Å²) in [6.45, 7) is 10.5. The number of nitrogens with zero attached hydrogens (tertiary/aromatic N) is 6. The Morgan fingerprint density at radius 2 is 1.84 bits per heavy atom. The number of amides is 1. The summed E-state index contributed by atoms with van der Waals surface area (Å²) in [6, 6.07) is 6.31. The third-order valence-corrected chi connectivity index (χ3v) is 9.93. The lowest BCUT2D eigenvalue weighted by Crippen LogP contribution is -2.52. The van der Waals surface area contributed by atoms with Gasteiger partial charge in [0.2, 0.25) is 0 Å². The Morgan fingerprint density at radius 1 is 1.14 bits per heavy atom. The van der Waals surface area contributed by atoms with Gasteiger partial charge in [0.15, 0.2) is 0 Å². The summed E-state index contributed by atoms with van der Waals surface area (Å²) in [6.07, 6.45) is 10.6. The van der Waals surface area contributed by atoms with Crippen LogP contribution in [-0.4, -0.2) is 78.8 Å². The predicted octanol–water partition coefficient (Wildman–Crippen LogP) is 4.74. The van der Waals surface area contributed by atoms with Crippen molar-refractivity contribution in [2.75, 3.05) is 38.3 Å². The van der Waals surface area contributed by atoms with Crippen molar-refractivity contribution in [3.8, 4) is 6.07 Å². The van der Waals surface area contributed by atoms with Crippen LogP contribution in [-0.2, 0) is 11.5 Å². The summed E-state index contributed by atoms with van der Waals surface area (Å²) in [7, 11) is 0.907. The van der Waals surface area contributed by atoms with Crippen LogP contribution in [0.1, 0.15) is 48.9 Å². The molecule has 5 rings (SSSR count). The third-order valence-electron chi connectivity index (χ3n) is 8.23. The second kappa shape index (κ2) is 10.8. The van der Waals surface area contributed by atoms with Crippen molar-refractivity contribution in [2.24, 2.45) is 5.92 Å². The van der Waals surface area contributed by atoms with Gasteiger partial charge in [0.25, 0.3) is 5.91 Å². The van der Waals surface area contributed by atoms with Crippen molar-refractivity contribution in [3.05, 3.63) is 24.0 Å². The quantitative estimate of drug-likeness (QED) is 0.255. The molecule has 3 aliphatic rings. The highest BCUT2D eigenvalue weighted by atomic mass is 28.3. The third kappa shape index (κ3) is 5.87. The van der Waals surface area contributed by atoms with Gasteiger partial charge in [-0.3, -0.25) is 9.69 Å². The van der Waals surface area contributed by atoms with E-state index in [2.05, 4.69) is 57.2 Å². The van der Waals surface area contributed by atoms with Crippen LogP contribution in [0.2, 0.25) is 25.7 Å². The highest BCUT2D eigenvalue weighted by Crippen LogP contribution is 2.42. The molecule has 0 spiro atoms. The monoisotopic (exact) mass is 522 g/mol. The van der Waals surface area contributed by atoms with E-state index in [1.807, 2.05) is 13.2 Å². The highest BCUT2D eigenvalue weighted by Gasteiger charge is 2.42. The number of fused-ring (bicyclic) bond motifs is 3. The van der Waals surface area contributed by atoms with Crippen LogP contribution in [0.3, 0.4) is 0 Å². The molecular weight excluding hydrogens is 480 g/mol. The largest absolute Gasteiger partial charge is 0.361 e. The second-order valence-corrected chi connectivity index (χ2v) is 18.2. The van der Waals surface area contributed by atoms with E-state index in [9.17, 15) is 4.79 Å². The molecule has 2 aromatic heterocycles. The van der Waals surface area contributed by atoms with Crippen molar-refractivity contribution in [1.29, 1.82) is 5.26 Å². The summed E-state index contributed by atoms with van der Waals surface area (Å²) in [5.41, 5.74) is 2.72. The van der Waals surface area contributed by atoms with Crippen LogP contribution >= 0.6 is 0 Å². The Morgan fingerprint density at radius 3 is 2.51 bits per heavy atom. The fraction of sp³-hybridized carbons (Fsp3) is 0.679. The van der Waals surface area contributed by atoms with E-state index in [0.29, 0.717) is 37.9 Å². The number of hydrogen-bond acceptors (Lipinski definition) is 6. The molecule has 0 bridgehead atoms. The molecule has 2 saturated carbocycles. The Labute approximate surface area is 222 Å². The average molecular weight is 523 g/mol. The minimum Gasteiger partial charge on any atom is -0.361 e. The zero-order valence-electron chi connectivity index (χ0n) is 22.9. The van der Waals surface area contributed by atoms with E-state index in [1.165, 1.54) is 0 Å². The van der Waals surface area contributed by atoms with E-state index in [1.54, 1.807) is 0 Å². The number of hydrogen-bond donors (Lipinski definition) is 0. The fourth-order valence-corrected chi connectivity index (χ4v) is 6.68. The van der Waals surface area contributed by atoms with E-state index in [0.717, 1.165) is 80.0 Å². The van der Waals surface area contributed by atoms with Crippen LogP contribution in [0, 0.1) is 17.2 Å². The predicted molar refractivity (Wildman–Crippen MR) is 149 cm³/mol. The van der Waals surface area contributed by atoms with Crippen LogP contribution in [0.25, 0.3) is 11.0 Å². The van der Waals surface area contributed by atoms with E-state index >= 15 is 0 Å². The summed E-state index contributed by atoms with van der Waals surface area (Å²) in [4.78, 5) is 25.0. The molecule has 8 nitrogen and oxygen atoms in total. The highest BCUT2D eigenvalue weighted by molar-refractivity contribution is 6.76. The van der Waals surface area contributed by atoms with Gasteiger partial charge in [-0.15, -0.1) is 0 Å². The zero-order valence-corrected chi connectivity index (χ0v) is 23.9. The molecule has 0 atom stereocenters. The molecule has 2 fully saturated rings. The van der Waals surface area contributed by atoms with Crippen LogP contribution < -0.4 is 4.90 Å². The summed E-state index contributed by atoms with van der Waals surface area (Å²) in [5, 5.41) is 10.1. The minimum absolute atomic E-state index is 0.133. The first-order chi connectivity index (χ1) is 17.7. The number of rotatable bonds is 10. The van der Waals surface area contributed by atoms with Crippen molar-refractivity contribution in [2.45, 2.75) is 83.0 Å². The number of aromatic nitrogens is 2. The summed E-state index contributed by atoms with van der Waals surface area (Å²) in [5.74, 6) is 0.765. The maximum atomic E-state index is 13.5. The number of nitriles is 1. The molecule has 1 amide bonds. The number of carbonyl (C=O) groups is 1. The molecule has 200 valence electrons. The maximum Gasteiger partial charge on any atom is 0.259 e. The van der Waals surface area contributed by atoms with Crippen molar-refractivity contribution >= 4 is 30.7 Å². The van der Waals surface area contributed by atoms with E-state index in [-0.39, 0.29) is 5.91 Å². The fourth-order valence-electron chi connectivity index (χ4n) is 5.92. The van der Waals surface area contributed by atoms with Crippen LogP contribution in [0.4, 0.5) is 5.69 Å². The van der Waals surface area contributed by atoms with E-state index < -0.39 is 8.07 Å². The normalized spacial score (nSPS) is 22.5. The molecule has 0 N–H and O–H groups in total. The topological polar surface area (TPSA) is 77.6 Å². The first-order valence-corrected chi connectivity index (χ1v) is 17.6. The number of anilines is 1. The Hall–Kier alpha value is -2.41. The number of pyridine rings is 1. The van der Waals surface area contributed by atoms with Gasteiger partial charge in [0.1, 0.15) is 12.4 Å². The summed E-state index contributed by atoms with van der Waals surface area (Å²) < 4.78 is 8.11. The molecule has 1 aliphatic heterocycles. The van der Waals surface area contributed by atoms with Crippen molar-refractivity contribution in [1.82, 2.24) is 19.4 Å². The Bertz CT molecular complexity index is 1160. The molecule has 3 heterocycles. The molecule has 0 saturated heterocycles. The Kier molecular flexibility index (Phi) is 7.62.